The number of nitrogens with zero attached hydrogens (tertiary/aromatic N) is 3. The molecule has 2 heterocycles. The molecule has 1 N–H and O–H groups in total. The fourth-order valence-corrected chi connectivity index (χ4v) is 4.15. The van der Waals surface area contributed by atoms with Gasteiger partial charge >= 0.3 is 6.18 Å². The van der Waals surface area contributed by atoms with Crippen LogP contribution in [0.4, 0.5) is 13.2 Å². The van der Waals surface area contributed by atoms with E-state index in [0.29, 0.717) is 5.69 Å². The second kappa shape index (κ2) is 5.50. The highest BCUT2D eigenvalue weighted by molar-refractivity contribution is 7.89. The highest BCUT2D eigenvalue weighted by Gasteiger charge is 2.54. The van der Waals surface area contributed by atoms with Gasteiger partial charge in [0.15, 0.2) is 5.60 Å². The van der Waals surface area contributed by atoms with Crippen LogP contribution in [-0.4, -0.2) is 52.5 Å². The van der Waals surface area contributed by atoms with E-state index in [1.807, 2.05) is 0 Å². The SMILES string of the molecule is Cc1c(S(=O)(=O)N2CCCC(O)(C(F)(F)F)CC2)cnn1C. The molecular formula is C12H18F3N3O3S. The van der Waals surface area contributed by atoms with E-state index in [1.54, 1.807) is 14.0 Å². The van der Waals surface area contributed by atoms with Crippen molar-refractivity contribution in [3.8, 4) is 0 Å². The zero-order valence-corrected chi connectivity index (χ0v) is 13.1. The van der Waals surface area contributed by atoms with E-state index in [-0.39, 0.29) is 24.4 Å². The summed E-state index contributed by atoms with van der Waals surface area (Å²) in [5, 5.41) is 13.6. The minimum atomic E-state index is -4.77. The Hall–Kier alpha value is -1.13. The van der Waals surface area contributed by atoms with Crippen LogP contribution < -0.4 is 0 Å². The lowest BCUT2D eigenvalue weighted by molar-refractivity contribution is -0.263. The molecule has 10 heteroatoms. The average Bonchev–Trinajstić information content (AvgIpc) is 2.62. The quantitative estimate of drug-likeness (QED) is 0.877. The Morgan fingerprint density at radius 1 is 1.32 bits per heavy atom. The zero-order chi connectivity index (χ0) is 16.8. The van der Waals surface area contributed by atoms with E-state index in [1.165, 1.54) is 10.9 Å². The van der Waals surface area contributed by atoms with Gasteiger partial charge in [0.1, 0.15) is 4.90 Å². The minimum absolute atomic E-state index is 0.0209. The number of hydrogen-bond acceptors (Lipinski definition) is 4. The fraction of sp³-hybridized carbons (Fsp3) is 0.750. The number of hydrogen-bond donors (Lipinski definition) is 1. The summed E-state index contributed by atoms with van der Waals surface area (Å²) in [4.78, 5) is -0.0209. The van der Waals surface area contributed by atoms with Gasteiger partial charge in [0.2, 0.25) is 10.0 Å². The van der Waals surface area contributed by atoms with Crippen LogP contribution in [0.1, 0.15) is 25.0 Å². The van der Waals surface area contributed by atoms with Crippen LogP contribution in [0.25, 0.3) is 0 Å². The minimum Gasteiger partial charge on any atom is -0.380 e. The molecule has 0 spiro atoms. The first-order chi connectivity index (χ1) is 9.99. The summed E-state index contributed by atoms with van der Waals surface area (Å²) >= 11 is 0. The molecule has 1 aromatic heterocycles. The number of aryl methyl sites for hydroxylation is 1. The lowest BCUT2D eigenvalue weighted by atomic mass is 9.94. The van der Waals surface area contributed by atoms with Crippen molar-refractivity contribution >= 4 is 10.0 Å². The monoisotopic (exact) mass is 341 g/mol. The van der Waals surface area contributed by atoms with E-state index in [9.17, 15) is 26.7 Å². The molecule has 0 amide bonds. The van der Waals surface area contributed by atoms with Crippen molar-refractivity contribution in [2.75, 3.05) is 13.1 Å². The molecule has 0 radical (unpaired) electrons. The lowest BCUT2D eigenvalue weighted by Gasteiger charge is -2.29. The first-order valence-corrected chi connectivity index (χ1v) is 8.21. The Kier molecular flexibility index (Phi) is 4.31. The molecule has 1 unspecified atom stereocenters. The van der Waals surface area contributed by atoms with Gasteiger partial charge in [-0.15, -0.1) is 0 Å². The van der Waals surface area contributed by atoms with Crippen molar-refractivity contribution < 1.29 is 26.7 Å². The summed E-state index contributed by atoms with van der Waals surface area (Å²) in [6.45, 7) is 1.13. The van der Waals surface area contributed by atoms with Gasteiger partial charge in [0.05, 0.1) is 11.9 Å². The van der Waals surface area contributed by atoms with E-state index in [0.717, 1.165) is 4.31 Å². The Bertz CT molecular complexity index is 656. The summed E-state index contributed by atoms with van der Waals surface area (Å²) in [6, 6.07) is 0. The van der Waals surface area contributed by atoms with Crippen LogP contribution in [0.3, 0.4) is 0 Å². The van der Waals surface area contributed by atoms with E-state index in [2.05, 4.69) is 5.10 Å². The van der Waals surface area contributed by atoms with Crippen LogP contribution >= 0.6 is 0 Å². The first-order valence-electron chi connectivity index (χ1n) is 6.77. The van der Waals surface area contributed by atoms with Crippen molar-refractivity contribution in [1.29, 1.82) is 0 Å². The number of aliphatic hydroxyl groups is 1. The van der Waals surface area contributed by atoms with Crippen molar-refractivity contribution in [3.05, 3.63) is 11.9 Å². The largest absolute Gasteiger partial charge is 0.417 e. The van der Waals surface area contributed by atoms with Gasteiger partial charge in [-0.3, -0.25) is 4.68 Å². The van der Waals surface area contributed by atoms with Gasteiger partial charge < -0.3 is 5.11 Å². The predicted octanol–water partition coefficient (Wildman–Crippen LogP) is 1.20. The molecular weight excluding hydrogens is 323 g/mol. The number of aromatic nitrogens is 2. The fourth-order valence-electron chi connectivity index (χ4n) is 2.49. The normalized spacial score (nSPS) is 25.2. The van der Waals surface area contributed by atoms with Crippen molar-refractivity contribution in [1.82, 2.24) is 14.1 Å². The lowest BCUT2D eigenvalue weighted by Crippen LogP contribution is -2.46. The molecule has 22 heavy (non-hydrogen) atoms. The van der Waals surface area contributed by atoms with E-state index < -0.39 is 34.6 Å². The van der Waals surface area contributed by atoms with Crippen molar-refractivity contribution in [3.63, 3.8) is 0 Å². The van der Waals surface area contributed by atoms with Crippen molar-refractivity contribution in [2.45, 2.75) is 42.9 Å². The number of sulfonamides is 1. The van der Waals surface area contributed by atoms with Crippen LogP contribution in [-0.2, 0) is 17.1 Å². The van der Waals surface area contributed by atoms with Gasteiger partial charge in [0, 0.05) is 20.1 Å². The molecule has 0 bridgehead atoms. The molecule has 1 saturated heterocycles. The Morgan fingerprint density at radius 2 is 1.95 bits per heavy atom. The molecule has 126 valence electrons. The zero-order valence-electron chi connectivity index (χ0n) is 12.3. The molecule has 1 aliphatic heterocycles. The molecule has 1 atom stereocenters. The molecule has 6 nitrogen and oxygen atoms in total. The number of rotatable bonds is 2. The smallest absolute Gasteiger partial charge is 0.380 e. The molecule has 2 rings (SSSR count). The van der Waals surface area contributed by atoms with E-state index in [4.69, 9.17) is 0 Å². The summed E-state index contributed by atoms with van der Waals surface area (Å²) in [5.41, 5.74) is -2.42. The molecule has 1 aliphatic rings. The third kappa shape index (κ3) is 2.86. The van der Waals surface area contributed by atoms with Crippen LogP contribution in [0.2, 0.25) is 0 Å². The molecule has 0 aliphatic carbocycles. The Labute approximate surface area is 126 Å². The Balaban J connectivity index is 2.26. The standard InChI is InChI=1S/C12H18F3N3O3S/c1-9-10(8-16-17(9)2)22(20,21)18-6-3-4-11(19,5-7-18)12(13,14)15/h8,19H,3-7H2,1-2H3. The van der Waals surface area contributed by atoms with E-state index >= 15 is 0 Å². The van der Waals surface area contributed by atoms with Gasteiger partial charge in [-0.05, 0) is 26.2 Å². The van der Waals surface area contributed by atoms with Crippen LogP contribution in [0.5, 0.6) is 0 Å². The topological polar surface area (TPSA) is 75.4 Å². The molecule has 0 saturated carbocycles. The highest BCUT2D eigenvalue weighted by atomic mass is 32.2. The average molecular weight is 341 g/mol. The number of halogens is 3. The summed E-state index contributed by atoms with van der Waals surface area (Å²) < 4.78 is 66.1. The van der Waals surface area contributed by atoms with Crippen LogP contribution in [0, 0.1) is 6.92 Å². The maximum atomic E-state index is 12.9. The highest BCUT2D eigenvalue weighted by Crippen LogP contribution is 2.39. The van der Waals surface area contributed by atoms with Crippen molar-refractivity contribution in [2.24, 2.45) is 7.05 Å². The molecule has 0 aromatic carbocycles. The summed E-state index contributed by atoms with van der Waals surface area (Å²) in [7, 11) is -2.34. The Morgan fingerprint density at radius 3 is 2.45 bits per heavy atom. The predicted molar refractivity (Wildman–Crippen MR) is 71.6 cm³/mol. The molecule has 1 fully saturated rings. The molecule has 1 aromatic rings. The van der Waals surface area contributed by atoms with Gasteiger partial charge in [0.25, 0.3) is 0 Å². The van der Waals surface area contributed by atoms with Gasteiger partial charge in [-0.2, -0.15) is 22.6 Å². The number of alkyl halides is 3. The summed E-state index contributed by atoms with van der Waals surface area (Å²) in [5.74, 6) is 0. The van der Waals surface area contributed by atoms with Gasteiger partial charge in [-0.1, -0.05) is 0 Å². The third-order valence-corrected chi connectivity index (χ3v) is 6.11. The maximum Gasteiger partial charge on any atom is 0.417 e. The second-order valence-corrected chi connectivity index (χ2v) is 7.41. The third-order valence-electron chi connectivity index (χ3n) is 4.11. The van der Waals surface area contributed by atoms with Gasteiger partial charge in [-0.25, -0.2) is 8.42 Å². The second-order valence-electron chi connectivity index (χ2n) is 5.50. The summed E-state index contributed by atoms with van der Waals surface area (Å²) in [6.07, 6.45) is -4.82. The van der Waals surface area contributed by atoms with Crippen LogP contribution in [0.15, 0.2) is 11.1 Å². The maximum absolute atomic E-state index is 12.9. The first kappa shape index (κ1) is 17.2.